The van der Waals surface area contributed by atoms with Gasteiger partial charge < -0.3 is 5.11 Å². The molecule has 104 valence electrons. The number of nitriles is 1. The molecule has 1 N–H and O–H groups in total. The lowest BCUT2D eigenvalue weighted by Gasteiger charge is -2.38. The third kappa shape index (κ3) is 3.05. The molecule has 0 aliphatic rings. The highest BCUT2D eigenvalue weighted by atomic mass is 32.2. The smallest absolute Gasteiger partial charge is 0.170 e. The zero-order valence-electron chi connectivity index (χ0n) is 12.1. The summed E-state index contributed by atoms with van der Waals surface area (Å²) in [5.74, 6) is 0. The molecule has 0 amide bonds. The SMILES string of the molecule is Cc1ccc(S(=O)C(C)[C@@](O)(C#N)C(C)(C)C)cc1. The first-order chi connectivity index (χ1) is 8.63. The number of hydrogen-bond acceptors (Lipinski definition) is 3. The molecule has 0 bridgehead atoms. The molecule has 0 aromatic heterocycles. The molecule has 1 aromatic carbocycles. The van der Waals surface area contributed by atoms with Crippen LogP contribution in [0.4, 0.5) is 0 Å². The van der Waals surface area contributed by atoms with Gasteiger partial charge in [0.25, 0.3) is 0 Å². The molecule has 0 saturated heterocycles. The van der Waals surface area contributed by atoms with Crippen molar-refractivity contribution in [3.63, 3.8) is 0 Å². The highest BCUT2D eigenvalue weighted by Gasteiger charge is 2.48. The third-order valence-electron chi connectivity index (χ3n) is 3.48. The quantitative estimate of drug-likeness (QED) is 0.865. The summed E-state index contributed by atoms with van der Waals surface area (Å²) in [6.45, 7) is 8.94. The molecular weight excluding hydrogens is 258 g/mol. The van der Waals surface area contributed by atoms with Crippen LogP contribution in [0, 0.1) is 23.7 Å². The zero-order valence-corrected chi connectivity index (χ0v) is 12.9. The fourth-order valence-corrected chi connectivity index (χ4v) is 3.43. The van der Waals surface area contributed by atoms with E-state index >= 15 is 0 Å². The number of benzene rings is 1. The summed E-state index contributed by atoms with van der Waals surface area (Å²) in [4.78, 5) is 0.635. The van der Waals surface area contributed by atoms with Gasteiger partial charge in [0.05, 0.1) is 22.1 Å². The maximum atomic E-state index is 12.5. The summed E-state index contributed by atoms with van der Waals surface area (Å²) >= 11 is 0. The fourth-order valence-electron chi connectivity index (χ4n) is 1.90. The molecular formula is C15H21NO2S. The lowest BCUT2D eigenvalue weighted by Crippen LogP contribution is -2.51. The van der Waals surface area contributed by atoms with Crippen molar-refractivity contribution in [3.05, 3.63) is 29.8 Å². The normalized spacial score (nSPS) is 18.2. The monoisotopic (exact) mass is 279 g/mol. The van der Waals surface area contributed by atoms with Crippen molar-refractivity contribution >= 4 is 10.8 Å². The van der Waals surface area contributed by atoms with Gasteiger partial charge >= 0.3 is 0 Å². The second-order valence-corrected chi connectivity index (χ2v) is 7.65. The summed E-state index contributed by atoms with van der Waals surface area (Å²) in [5.41, 5.74) is -1.22. The number of nitrogens with zero attached hydrogens (tertiary/aromatic N) is 1. The van der Waals surface area contributed by atoms with Crippen molar-refractivity contribution in [2.24, 2.45) is 5.41 Å². The maximum Gasteiger partial charge on any atom is 0.170 e. The first-order valence-corrected chi connectivity index (χ1v) is 7.45. The van der Waals surface area contributed by atoms with Gasteiger partial charge in [0.1, 0.15) is 0 Å². The van der Waals surface area contributed by atoms with E-state index in [0.29, 0.717) is 4.90 Å². The van der Waals surface area contributed by atoms with Gasteiger partial charge in [0.2, 0.25) is 0 Å². The van der Waals surface area contributed by atoms with Crippen LogP contribution in [0.25, 0.3) is 0 Å². The summed E-state index contributed by atoms with van der Waals surface area (Å²) in [5, 5.41) is 19.2. The van der Waals surface area contributed by atoms with E-state index in [1.165, 1.54) is 0 Å². The summed E-state index contributed by atoms with van der Waals surface area (Å²) in [6.07, 6.45) is 0. The molecule has 2 unspecified atom stereocenters. The van der Waals surface area contributed by atoms with Crippen LogP contribution in [0.2, 0.25) is 0 Å². The van der Waals surface area contributed by atoms with Crippen molar-refractivity contribution in [1.29, 1.82) is 5.26 Å². The maximum absolute atomic E-state index is 12.5. The van der Waals surface area contributed by atoms with E-state index in [9.17, 15) is 14.6 Å². The Morgan fingerprint density at radius 3 is 2.11 bits per heavy atom. The second kappa shape index (κ2) is 5.44. The minimum absolute atomic E-state index is 0.635. The second-order valence-electron chi connectivity index (χ2n) is 5.88. The van der Waals surface area contributed by atoms with Crippen molar-refractivity contribution < 1.29 is 9.32 Å². The Hall–Kier alpha value is -1.18. The van der Waals surface area contributed by atoms with Crippen molar-refractivity contribution in [1.82, 2.24) is 0 Å². The Balaban J connectivity index is 3.13. The number of rotatable bonds is 3. The molecule has 19 heavy (non-hydrogen) atoms. The van der Waals surface area contributed by atoms with E-state index in [2.05, 4.69) is 0 Å². The molecule has 0 fully saturated rings. The Morgan fingerprint density at radius 1 is 1.26 bits per heavy atom. The molecule has 1 rings (SSSR count). The number of aryl methyl sites for hydroxylation is 1. The fraction of sp³-hybridized carbons (Fsp3) is 0.533. The topological polar surface area (TPSA) is 61.1 Å². The van der Waals surface area contributed by atoms with Gasteiger partial charge in [-0.25, -0.2) is 0 Å². The van der Waals surface area contributed by atoms with Gasteiger partial charge in [-0.3, -0.25) is 4.21 Å². The van der Waals surface area contributed by atoms with Gasteiger partial charge in [-0.2, -0.15) is 5.26 Å². The first kappa shape index (κ1) is 15.9. The number of aliphatic hydroxyl groups is 1. The average molecular weight is 279 g/mol. The molecule has 0 radical (unpaired) electrons. The highest BCUT2D eigenvalue weighted by molar-refractivity contribution is 7.85. The average Bonchev–Trinajstić information content (AvgIpc) is 2.35. The van der Waals surface area contributed by atoms with E-state index in [-0.39, 0.29) is 0 Å². The van der Waals surface area contributed by atoms with Gasteiger partial charge in [-0.05, 0) is 26.0 Å². The summed E-state index contributed by atoms with van der Waals surface area (Å²) in [6, 6.07) is 9.26. The van der Waals surface area contributed by atoms with Gasteiger partial charge in [0, 0.05) is 10.3 Å². The van der Waals surface area contributed by atoms with Crippen LogP contribution in [0.15, 0.2) is 29.2 Å². The third-order valence-corrected chi connectivity index (χ3v) is 5.20. The summed E-state index contributed by atoms with van der Waals surface area (Å²) < 4.78 is 12.5. The Kier molecular flexibility index (Phi) is 4.54. The minimum atomic E-state index is -1.64. The van der Waals surface area contributed by atoms with E-state index < -0.39 is 27.1 Å². The molecule has 0 heterocycles. The van der Waals surface area contributed by atoms with Gasteiger partial charge in [-0.15, -0.1) is 0 Å². The zero-order chi connectivity index (χ0) is 14.8. The van der Waals surface area contributed by atoms with Crippen LogP contribution in [0.1, 0.15) is 33.3 Å². The Labute approximate surface area is 117 Å². The van der Waals surface area contributed by atoms with E-state index in [1.54, 1.807) is 39.8 Å². The standard InChI is InChI=1S/C15H21NO2S/c1-11-6-8-13(9-7-11)19(18)12(2)15(17,10-16)14(3,4)5/h6-9,12,17H,1-5H3/t12?,15-,19?/m0/s1. The molecule has 0 aliphatic carbocycles. The van der Waals surface area contributed by atoms with Crippen LogP contribution < -0.4 is 0 Å². The Morgan fingerprint density at radius 2 is 1.74 bits per heavy atom. The molecule has 0 spiro atoms. The van der Waals surface area contributed by atoms with Crippen molar-refractivity contribution in [2.75, 3.05) is 0 Å². The van der Waals surface area contributed by atoms with Crippen LogP contribution in [-0.4, -0.2) is 20.2 Å². The lowest BCUT2D eigenvalue weighted by molar-refractivity contribution is -0.00535. The van der Waals surface area contributed by atoms with Gasteiger partial charge in [-0.1, -0.05) is 38.5 Å². The van der Waals surface area contributed by atoms with Gasteiger partial charge in [0.15, 0.2) is 5.60 Å². The van der Waals surface area contributed by atoms with E-state index in [4.69, 9.17) is 0 Å². The molecule has 4 heteroatoms. The lowest BCUT2D eigenvalue weighted by atomic mass is 9.75. The molecule has 3 nitrogen and oxygen atoms in total. The van der Waals surface area contributed by atoms with Crippen LogP contribution in [-0.2, 0) is 10.8 Å². The minimum Gasteiger partial charge on any atom is -0.374 e. The van der Waals surface area contributed by atoms with E-state index in [1.807, 2.05) is 25.1 Å². The van der Waals surface area contributed by atoms with Crippen molar-refractivity contribution in [2.45, 2.75) is 50.4 Å². The molecule has 1 aromatic rings. The molecule has 3 atom stereocenters. The predicted molar refractivity (Wildman–Crippen MR) is 77.1 cm³/mol. The summed E-state index contributed by atoms with van der Waals surface area (Å²) in [7, 11) is -1.42. The van der Waals surface area contributed by atoms with Crippen LogP contribution in [0.3, 0.4) is 0 Å². The highest BCUT2D eigenvalue weighted by Crippen LogP contribution is 2.36. The predicted octanol–water partition coefficient (Wildman–Crippen LogP) is 2.79. The molecule has 0 saturated carbocycles. The largest absolute Gasteiger partial charge is 0.374 e. The van der Waals surface area contributed by atoms with Crippen LogP contribution >= 0.6 is 0 Å². The Bertz CT molecular complexity index is 510. The number of hydrogen-bond donors (Lipinski definition) is 1. The van der Waals surface area contributed by atoms with Crippen molar-refractivity contribution in [3.8, 4) is 6.07 Å². The first-order valence-electron chi connectivity index (χ1n) is 6.24. The van der Waals surface area contributed by atoms with Crippen LogP contribution in [0.5, 0.6) is 0 Å². The van der Waals surface area contributed by atoms with E-state index in [0.717, 1.165) is 5.56 Å². The molecule has 0 aliphatic heterocycles.